The molecule has 1 aromatic carbocycles. The highest BCUT2D eigenvalue weighted by molar-refractivity contribution is 5.45. The lowest BCUT2D eigenvalue weighted by atomic mass is 10.1. The van der Waals surface area contributed by atoms with Gasteiger partial charge in [-0.1, -0.05) is 33.6 Å². The van der Waals surface area contributed by atoms with E-state index < -0.39 is 0 Å². The molecule has 3 heteroatoms. The lowest BCUT2D eigenvalue weighted by molar-refractivity contribution is 0.239. The lowest BCUT2D eigenvalue weighted by Gasteiger charge is -2.14. The van der Waals surface area contributed by atoms with Gasteiger partial charge in [0.1, 0.15) is 18.1 Å². The summed E-state index contributed by atoms with van der Waals surface area (Å²) in [7, 11) is 0. The molecule has 0 bridgehead atoms. The fourth-order valence-corrected chi connectivity index (χ4v) is 2.51. The molecule has 20 heavy (non-hydrogen) atoms. The van der Waals surface area contributed by atoms with Gasteiger partial charge in [0.15, 0.2) is 0 Å². The van der Waals surface area contributed by atoms with E-state index in [1.54, 1.807) is 0 Å². The molecule has 2 rings (SSSR count). The number of nitrogens with one attached hydrogen (secondary N) is 1. The summed E-state index contributed by atoms with van der Waals surface area (Å²) in [5.74, 6) is 2.54. The van der Waals surface area contributed by atoms with Crippen LogP contribution in [0.2, 0.25) is 0 Å². The molecule has 112 valence electrons. The Bertz CT molecular complexity index is 415. The van der Waals surface area contributed by atoms with Crippen molar-refractivity contribution in [2.75, 3.05) is 19.8 Å². The highest BCUT2D eigenvalue weighted by Crippen LogP contribution is 2.35. The molecule has 1 atom stereocenters. The van der Waals surface area contributed by atoms with Gasteiger partial charge in [-0.15, -0.1) is 0 Å². The van der Waals surface area contributed by atoms with Crippen LogP contribution >= 0.6 is 0 Å². The van der Waals surface area contributed by atoms with E-state index >= 15 is 0 Å². The largest absolute Gasteiger partial charge is 0.493 e. The van der Waals surface area contributed by atoms with Crippen molar-refractivity contribution in [1.82, 2.24) is 5.32 Å². The second kappa shape index (κ2) is 7.53. The van der Waals surface area contributed by atoms with Crippen molar-refractivity contribution in [3.63, 3.8) is 0 Å². The molecule has 1 aromatic rings. The van der Waals surface area contributed by atoms with E-state index in [2.05, 4.69) is 38.2 Å². The highest BCUT2D eigenvalue weighted by atomic mass is 16.5. The van der Waals surface area contributed by atoms with Crippen molar-refractivity contribution in [1.29, 1.82) is 0 Å². The molecule has 0 saturated heterocycles. The van der Waals surface area contributed by atoms with Crippen LogP contribution in [0.4, 0.5) is 0 Å². The third-order valence-corrected chi connectivity index (χ3v) is 4.05. The maximum Gasteiger partial charge on any atom is 0.127 e. The third kappa shape index (κ3) is 3.66. The van der Waals surface area contributed by atoms with E-state index in [4.69, 9.17) is 9.47 Å². The Labute approximate surface area is 122 Å². The molecular weight excluding hydrogens is 250 g/mol. The first-order valence-electron chi connectivity index (χ1n) is 7.91. The van der Waals surface area contributed by atoms with Gasteiger partial charge in [-0.05, 0) is 31.0 Å². The molecule has 0 radical (unpaired) electrons. The first-order chi connectivity index (χ1) is 9.78. The van der Waals surface area contributed by atoms with Gasteiger partial charge in [-0.2, -0.15) is 0 Å². The number of ether oxygens (including phenoxy) is 2. The van der Waals surface area contributed by atoms with Crippen molar-refractivity contribution in [2.24, 2.45) is 5.92 Å². The maximum absolute atomic E-state index is 5.89. The van der Waals surface area contributed by atoms with Crippen LogP contribution in [-0.4, -0.2) is 19.8 Å². The van der Waals surface area contributed by atoms with Crippen LogP contribution in [0.5, 0.6) is 11.5 Å². The Hall–Kier alpha value is -1.22. The third-order valence-electron chi connectivity index (χ3n) is 4.05. The van der Waals surface area contributed by atoms with Gasteiger partial charge in [-0.25, -0.2) is 0 Å². The molecule has 0 aromatic heterocycles. The summed E-state index contributed by atoms with van der Waals surface area (Å²) in [6.07, 6.45) is 3.48. The molecule has 1 unspecified atom stereocenters. The zero-order chi connectivity index (χ0) is 14.4. The molecule has 1 N–H and O–H groups in total. The number of hydrogen-bond donors (Lipinski definition) is 1. The Kier molecular flexibility index (Phi) is 5.72. The summed E-state index contributed by atoms with van der Waals surface area (Å²) >= 11 is 0. The average molecular weight is 277 g/mol. The standard InChI is InChI=1S/C17H27NO2/c1-4-9-18-16-12-20-17-10-14(7-8-15(16)17)19-11-13(5-2)6-3/h7-8,10,13,16,18H,4-6,9,11-12H2,1-3H3. The van der Waals surface area contributed by atoms with Gasteiger partial charge in [0.2, 0.25) is 0 Å². The van der Waals surface area contributed by atoms with E-state index in [0.29, 0.717) is 12.0 Å². The number of fused-ring (bicyclic) bond motifs is 1. The zero-order valence-electron chi connectivity index (χ0n) is 12.9. The SMILES string of the molecule is CCCNC1COc2cc(OCC(CC)CC)ccc21. The number of hydrogen-bond acceptors (Lipinski definition) is 3. The molecule has 0 aliphatic carbocycles. The molecular formula is C17H27NO2. The van der Waals surface area contributed by atoms with Crippen molar-refractivity contribution in [2.45, 2.75) is 46.1 Å². The topological polar surface area (TPSA) is 30.5 Å². The van der Waals surface area contributed by atoms with Gasteiger partial charge in [-0.3, -0.25) is 0 Å². The minimum absolute atomic E-state index is 0.332. The van der Waals surface area contributed by atoms with Gasteiger partial charge >= 0.3 is 0 Å². The van der Waals surface area contributed by atoms with Crippen molar-refractivity contribution in [3.8, 4) is 11.5 Å². The van der Waals surface area contributed by atoms with Crippen LogP contribution < -0.4 is 14.8 Å². The lowest BCUT2D eigenvalue weighted by Crippen LogP contribution is -2.22. The normalized spacial score (nSPS) is 17.1. The fraction of sp³-hybridized carbons (Fsp3) is 0.647. The molecule has 0 fully saturated rings. The molecule has 0 amide bonds. The predicted molar refractivity (Wildman–Crippen MR) is 82.5 cm³/mol. The minimum Gasteiger partial charge on any atom is -0.493 e. The van der Waals surface area contributed by atoms with Crippen LogP contribution in [0, 0.1) is 5.92 Å². The van der Waals surface area contributed by atoms with Crippen molar-refractivity contribution < 1.29 is 9.47 Å². The summed E-state index contributed by atoms with van der Waals surface area (Å²) in [6.45, 7) is 9.16. The van der Waals surface area contributed by atoms with E-state index in [0.717, 1.165) is 37.7 Å². The van der Waals surface area contributed by atoms with Crippen LogP contribution in [0.3, 0.4) is 0 Å². The quantitative estimate of drug-likeness (QED) is 0.781. The maximum atomic E-state index is 5.89. The van der Waals surface area contributed by atoms with E-state index in [-0.39, 0.29) is 0 Å². The Morgan fingerprint density at radius 3 is 2.80 bits per heavy atom. The van der Waals surface area contributed by atoms with Crippen LogP contribution in [0.25, 0.3) is 0 Å². The highest BCUT2D eigenvalue weighted by Gasteiger charge is 2.23. The smallest absolute Gasteiger partial charge is 0.127 e. The molecule has 0 spiro atoms. The predicted octanol–water partition coefficient (Wildman–Crippen LogP) is 3.93. The second-order valence-corrected chi connectivity index (χ2v) is 5.51. The summed E-state index contributed by atoms with van der Waals surface area (Å²) < 4.78 is 11.7. The van der Waals surface area contributed by atoms with Crippen LogP contribution in [0.1, 0.15) is 51.6 Å². The van der Waals surface area contributed by atoms with Crippen molar-refractivity contribution >= 4 is 0 Å². The van der Waals surface area contributed by atoms with Gasteiger partial charge < -0.3 is 14.8 Å². The summed E-state index contributed by atoms with van der Waals surface area (Å²) in [5.41, 5.74) is 1.26. The molecule has 1 heterocycles. The Morgan fingerprint density at radius 2 is 2.10 bits per heavy atom. The Morgan fingerprint density at radius 1 is 1.30 bits per heavy atom. The molecule has 1 aliphatic heterocycles. The minimum atomic E-state index is 0.332. The summed E-state index contributed by atoms with van der Waals surface area (Å²) in [6, 6.07) is 6.57. The van der Waals surface area contributed by atoms with Crippen molar-refractivity contribution in [3.05, 3.63) is 23.8 Å². The summed E-state index contributed by atoms with van der Waals surface area (Å²) in [5, 5.41) is 3.51. The van der Waals surface area contributed by atoms with Gasteiger partial charge in [0.25, 0.3) is 0 Å². The van der Waals surface area contributed by atoms with Crippen LogP contribution in [-0.2, 0) is 0 Å². The Balaban J connectivity index is 1.95. The number of rotatable bonds is 8. The first kappa shape index (κ1) is 15.2. The van der Waals surface area contributed by atoms with E-state index in [1.807, 2.05) is 6.07 Å². The monoisotopic (exact) mass is 277 g/mol. The zero-order valence-corrected chi connectivity index (χ0v) is 12.9. The molecule has 1 aliphatic rings. The first-order valence-corrected chi connectivity index (χ1v) is 7.91. The number of benzene rings is 1. The van der Waals surface area contributed by atoms with Crippen LogP contribution in [0.15, 0.2) is 18.2 Å². The molecule has 3 nitrogen and oxygen atoms in total. The van der Waals surface area contributed by atoms with Gasteiger partial charge in [0, 0.05) is 11.6 Å². The average Bonchev–Trinajstić information content (AvgIpc) is 2.88. The summed E-state index contributed by atoms with van der Waals surface area (Å²) in [4.78, 5) is 0. The van der Waals surface area contributed by atoms with Gasteiger partial charge in [0.05, 0.1) is 12.6 Å². The fourth-order valence-electron chi connectivity index (χ4n) is 2.51. The van der Waals surface area contributed by atoms with E-state index in [1.165, 1.54) is 18.4 Å². The second-order valence-electron chi connectivity index (χ2n) is 5.51. The van der Waals surface area contributed by atoms with E-state index in [9.17, 15) is 0 Å². The molecule has 0 saturated carbocycles.